The topological polar surface area (TPSA) is 94.0 Å². The molecule has 1 saturated carbocycles. The quantitative estimate of drug-likeness (QED) is 0.842. The number of carbonyl (C=O) groups excluding carboxylic acids is 1. The van der Waals surface area contributed by atoms with Crippen molar-refractivity contribution in [3.63, 3.8) is 0 Å². The van der Waals surface area contributed by atoms with Crippen LogP contribution in [0.2, 0.25) is 0 Å². The van der Waals surface area contributed by atoms with E-state index in [1.54, 1.807) is 12.1 Å². The zero-order valence-corrected chi connectivity index (χ0v) is 15.1. The van der Waals surface area contributed by atoms with Crippen LogP contribution in [0.5, 0.6) is 0 Å². The van der Waals surface area contributed by atoms with Crippen molar-refractivity contribution in [1.82, 2.24) is 15.5 Å². The van der Waals surface area contributed by atoms with Gasteiger partial charge in [-0.3, -0.25) is 4.79 Å². The van der Waals surface area contributed by atoms with Gasteiger partial charge in [0.1, 0.15) is 0 Å². The molecule has 6 heteroatoms. The summed E-state index contributed by atoms with van der Waals surface area (Å²) >= 11 is 0. The van der Waals surface area contributed by atoms with Crippen LogP contribution in [0.4, 0.5) is 0 Å². The molecule has 3 rings (SSSR count). The van der Waals surface area contributed by atoms with Gasteiger partial charge < -0.3 is 15.6 Å². The Morgan fingerprint density at radius 3 is 2.84 bits per heavy atom. The lowest BCUT2D eigenvalue weighted by Crippen LogP contribution is -2.38. The minimum atomic E-state index is -0.128. The highest BCUT2D eigenvalue weighted by Gasteiger charge is 2.28. The highest BCUT2D eigenvalue weighted by atomic mass is 16.5. The number of benzene rings is 1. The first-order chi connectivity index (χ1) is 11.8. The maximum Gasteiger partial charge on any atom is 0.251 e. The molecule has 2 aromatic rings. The molecule has 1 unspecified atom stereocenters. The molecule has 1 aromatic heterocycles. The van der Waals surface area contributed by atoms with Crippen molar-refractivity contribution >= 4 is 5.91 Å². The van der Waals surface area contributed by atoms with E-state index in [0.717, 1.165) is 5.56 Å². The molecular weight excluding hydrogens is 316 g/mol. The third-order valence-corrected chi connectivity index (χ3v) is 4.26. The smallest absolute Gasteiger partial charge is 0.251 e. The second-order valence-corrected chi connectivity index (χ2v) is 8.04. The molecule has 1 aliphatic rings. The van der Waals surface area contributed by atoms with Gasteiger partial charge in [-0.15, -0.1) is 0 Å². The molecule has 1 fully saturated rings. The monoisotopic (exact) mass is 342 g/mol. The van der Waals surface area contributed by atoms with E-state index in [0.29, 0.717) is 36.2 Å². The van der Waals surface area contributed by atoms with Crippen LogP contribution in [-0.4, -0.2) is 28.6 Å². The van der Waals surface area contributed by atoms with Gasteiger partial charge in [0.05, 0.1) is 0 Å². The number of nitrogens with one attached hydrogen (secondary N) is 1. The van der Waals surface area contributed by atoms with Crippen molar-refractivity contribution in [3.05, 3.63) is 35.7 Å². The molecule has 25 heavy (non-hydrogen) atoms. The molecule has 1 amide bonds. The standard InChI is InChI=1S/C19H26N4O2/c1-19(2,3)10-16-22-17(23-25-16)13-5-4-6-14(9-13)18(24)21-11-15(20)12-7-8-12/h4-6,9,12,15H,7-8,10-11,20H2,1-3H3,(H,21,24). The first-order valence-corrected chi connectivity index (χ1v) is 8.79. The predicted molar refractivity (Wildman–Crippen MR) is 95.9 cm³/mol. The third-order valence-electron chi connectivity index (χ3n) is 4.26. The molecule has 1 aromatic carbocycles. The fourth-order valence-electron chi connectivity index (χ4n) is 2.70. The lowest BCUT2D eigenvalue weighted by Gasteiger charge is -2.13. The van der Waals surface area contributed by atoms with Gasteiger partial charge in [-0.25, -0.2) is 0 Å². The Labute approximate surface area is 148 Å². The third kappa shape index (κ3) is 4.89. The molecule has 1 heterocycles. The Hall–Kier alpha value is -2.21. The molecule has 0 saturated heterocycles. The van der Waals surface area contributed by atoms with E-state index in [1.807, 2.05) is 12.1 Å². The maximum absolute atomic E-state index is 12.3. The molecule has 134 valence electrons. The number of nitrogens with two attached hydrogens (primary N) is 1. The largest absolute Gasteiger partial charge is 0.350 e. The molecule has 0 bridgehead atoms. The van der Waals surface area contributed by atoms with E-state index >= 15 is 0 Å². The van der Waals surface area contributed by atoms with Gasteiger partial charge in [-0.1, -0.05) is 38.1 Å². The molecule has 3 N–H and O–H groups in total. The highest BCUT2D eigenvalue weighted by molar-refractivity contribution is 5.95. The molecular formula is C19H26N4O2. The lowest BCUT2D eigenvalue weighted by molar-refractivity contribution is 0.0950. The fraction of sp³-hybridized carbons (Fsp3) is 0.526. The molecule has 6 nitrogen and oxygen atoms in total. The van der Waals surface area contributed by atoms with Gasteiger partial charge in [-0.05, 0) is 36.3 Å². The summed E-state index contributed by atoms with van der Waals surface area (Å²) in [6, 6.07) is 7.30. The fourth-order valence-corrected chi connectivity index (χ4v) is 2.70. The summed E-state index contributed by atoms with van der Waals surface area (Å²) in [5, 5.41) is 6.95. The van der Waals surface area contributed by atoms with Gasteiger partial charge in [0.15, 0.2) is 0 Å². The average Bonchev–Trinajstić information content (AvgIpc) is 3.31. The SMILES string of the molecule is CC(C)(C)Cc1nc(-c2cccc(C(=O)NCC(N)C3CC3)c2)no1. The number of rotatable bonds is 6. The van der Waals surface area contributed by atoms with E-state index < -0.39 is 0 Å². The van der Waals surface area contributed by atoms with Crippen molar-refractivity contribution in [2.45, 2.75) is 46.1 Å². The number of amides is 1. The van der Waals surface area contributed by atoms with Gasteiger partial charge >= 0.3 is 0 Å². The van der Waals surface area contributed by atoms with Crippen LogP contribution in [0.15, 0.2) is 28.8 Å². The number of aromatic nitrogens is 2. The van der Waals surface area contributed by atoms with Crippen molar-refractivity contribution in [2.75, 3.05) is 6.54 Å². The number of hydrogen-bond acceptors (Lipinski definition) is 5. The first-order valence-electron chi connectivity index (χ1n) is 8.79. The lowest BCUT2D eigenvalue weighted by atomic mass is 9.92. The summed E-state index contributed by atoms with van der Waals surface area (Å²) in [6.45, 7) is 6.86. The molecule has 0 radical (unpaired) electrons. The summed E-state index contributed by atoms with van der Waals surface area (Å²) in [6.07, 6.45) is 3.04. The van der Waals surface area contributed by atoms with Crippen LogP contribution >= 0.6 is 0 Å². The zero-order chi connectivity index (χ0) is 18.0. The predicted octanol–water partition coefficient (Wildman–Crippen LogP) is 2.79. The Balaban J connectivity index is 1.67. The van der Waals surface area contributed by atoms with E-state index in [-0.39, 0.29) is 17.4 Å². The number of hydrogen-bond donors (Lipinski definition) is 2. The molecule has 1 aliphatic carbocycles. The minimum Gasteiger partial charge on any atom is -0.350 e. The number of carbonyl (C=O) groups is 1. The Kier molecular flexibility index (Phi) is 4.90. The second-order valence-electron chi connectivity index (χ2n) is 8.04. The van der Waals surface area contributed by atoms with Crippen LogP contribution in [0.3, 0.4) is 0 Å². The van der Waals surface area contributed by atoms with Crippen LogP contribution in [0.1, 0.15) is 49.9 Å². The molecule has 0 aliphatic heterocycles. The summed E-state index contributed by atoms with van der Waals surface area (Å²) in [4.78, 5) is 16.8. The van der Waals surface area contributed by atoms with Crippen LogP contribution in [-0.2, 0) is 6.42 Å². The van der Waals surface area contributed by atoms with Gasteiger partial charge in [0.25, 0.3) is 5.91 Å². The van der Waals surface area contributed by atoms with Gasteiger partial charge in [-0.2, -0.15) is 4.98 Å². The Bertz CT molecular complexity index is 744. The zero-order valence-electron chi connectivity index (χ0n) is 15.1. The van der Waals surface area contributed by atoms with Gasteiger partial charge in [0, 0.05) is 30.1 Å². The highest BCUT2D eigenvalue weighted by Crippen LogP contribution is 2.31. The van der Waals surface area contributed by atoms with E-state index in [9.17, 15) is 4.79 Å². The summed E-state index contributed by atoms with van der Waals surface area (Å²) in [5.41, 5.74) is 7.45. The summed E-state index contributed by atoms with van der Waals surface area (Å²) < 4.78 is 5.33. The van der Waals surface area contributed by atoms with Crippen LogP contribution in [0.25, 0.3) is 11.4 Å². The molecule has 1 atom stereocenters. The van der Waals surface area contributed by atoms with E-state index in [4.69, 9.17) is 10.3 Å². The van der Waals surface area contributed by atoms with Crippen molar-refractivity contribution < 1.29 is 9.32 Å². The van der Waals surface area contributed by atoms with E-state index in [2.05, 4.69) is 36.2 Å². The maximum atomic E-state index is 12.3. The Morgan fingerprint density at radius 2 is 2.16 bits per heavy atom. The van der Waals surface area contributed by atoms with Gasteiger partial charge in [0.2, 0.25) is 11.7 Å². The number of nitrogens with zero attached hydrogens (tertiary/aromatic N) is 2. The minimum absolute atomic E-state index is 0.0456. The Morgan fingerprint density at radius 1 is 1.40 bits per heavy atom. The summed E-state index contributed by atoms with van der Waals surface area (Å²) in [5.74, 6) is 1.54. The second kappa shape index (κ2) is 6.96. The molecule has 0 spiro atoms. The average molecular weight is 342 g/mol. The van der Waals surface area contributed by atoms with Crippen LogP contribution in [0, 0.1) is 11.3 Å². The van der Waals surface area contributed by atoms with Crippen molar-refractivity contribution in [1.29, 1.82) is 0 Å². The van der Waals surface area contributed by atoms with E-state index in [1.165, 1.54) is 12.8 Å². The van der Waals surface area contributed by atoms with Crippen molar-refractivity contribution in [2.24, 2.45) is 17.1 Å². The van der Waals surface area contributed by atoms with Crippen LogP contribution < -0.4 is 11.1 Å². The first kappa shape index (κ1) is 17.6. The van der Waals surface area contributed by atoms with Crippen molar-refractivity contribution in [3.8, 4) is 11.4 Å². The summed E-state index contributed by atoms with van der Waals surface area (Å²) in [7, 11) is 0. The normalized spacial score (nSPS) is 15.8.